The Bertz CT molecular complexity index is 925. The predicted molar refractivity (Wildman–Crippen MR) is 108 cm³/mol. The summed E-state index contributed by atoms with van der Waals surface area (Å²) in [7, 11) is 1.34. The average molecular weight is 421 g/mol. The molecule has 0 aliphatic heterocycles. The Hall–Kier alpha value is -3.26. The van der Waals surface area contributed by atoms with Crippen LogP contribution in [-0.2, 0) is 14.3 Å². The molecule has 0 spiro atoms. The van der Waals surface area contributed by atoms with Gasteiger partial charge in [-0.05, 0) is 49.2 Å². The lowest BCUT2D eigenvalue weighted by molar-refractivity contribution is -0.120. The summed E-state index contributed by atoms with van der Waals surface area (Å²) >= 11 is 6.10. The van der Waals surface area contributed by atoms with Gasteiger partial charge in [0.15, 0.2) is 24.7 Å². The largest absolute Gasteiger partial charge is 0.493 e. The second-order valence-electron chi connectivity index (χ2n) is 6.25. The third kappa shape index (κ3) is 6.39. The Morgan fingerprint density at radius 3 is 2.28 bits per heavy atom. The standard InChI is InChI=1S/C20H21ClN2O6/c1-11-4-12(2)6-14(5-11)23-18(25)10-29-20(26)13-7-15(21)19(16(8-13)27-3)28-9-17(22)24/h4-8H,9-10H2,1-3H3,(H2,22,24)(H,23,25). The minimum Gasteiger partial charge on any atom is -0.493 e. The van der Waals surface area contributed by atoms with Crippen molar-refractivity contribution in [1.82, 2.24) is 0 Å². The Morgan fingerprint density at radius 1 is 1.03 bits per heavy atom. The highest BCUT2D eigenvalue weighted by Crippen LogP contribution is 2.36. The fraction of sp³-hybridized carbons (Fsp3) is 0.250. The van der Waals surface area contributed by atoms with Crippen molar-refractivity contribution >= 4 is 35.1 Å². The number of esters is 1. The quantitative estimate of drug-likeness (QED) is 0.634. The van der Waals surface area contributed by atoms with Gasteiger partial charge < -0.3 is 25.3 Å². The highest BCUT2D eigenvalue weighted by Gasteiger charge is 2.18. The molecule has 0 saturated carbocycles. The van der Waals surface area contributed by atoms with E-state index < -0.39 is 31.0 Å². The molecule has 2 aromatic carbocycles. The minimum absolute atomic E-state index is 0.0252. The number of benzene rings is 2. The Labute approximate surface area is 172 Å². The van der Waals surface area contributed by atoms with E-state index in [1.165, 1.54) is 19.2 Å². The van der Waals surface area contributed by atoms with Crippen LogP contribution >= 0.6 is 11.6 Å². The predicted octanol–water partition coefficient (Wildman–Crippen LogP) is 2.63. The number of halogens is 1. The number of hydrogen-bond donors (Lipinski definition) is 2. The zero-order valence-electron chi connectivity index (χ0n) is 16.2. The van der Waals surface area contributed by atoms with Crippen LogP contribution in [0.1, 0.15) is 21.5 Å². The second-order valence-corrected chi connectivity index (χ2v) is 6.65. The first kappa shape index (κ1) is 22.0. The van der Waals surface area contributed by atoms with Crippen molar-refractivity contribution in [3.63, 3.8) is 0 Å². The lowest BCUT2D eigenvalue weighted by atomic mass is 10.1. The van der Waals surface area contributed by atoms with Crippen LogP contribution in [0.2, 0.25) is 5.02 Å². The van der Waals surface area contributed by atoms with E-state index in [9.17, 15) is 14.4 Å². The van der Waals surface area contributed by atoms with Crippen LogP contribution in [0.5, 0.6) is 11.5 Å². The van der Waals surface area contributed by atoms with Crippen LogP contribution in [0.25, 0.3) is 0 Å². The van der Waals surface area contributed by atoms with Crippen LogP contribution in [0.4, 0.5) is 5.69 Å². The number of primary amides is 1. The van der Waals surface area contributed by atoms with Gasteiger partial charge in [-0.15, -0.1) is 0 Å². The number of methoxy groups -OCH3 is 1. The zero-order chi connectivity index (χ0) is 21.6. The summed E-state index contributed by atoms with van der Waals surface area (Å²) in [6.45, 7) is 2.94. The van der Waals surface area contributed by atoms with E-state index in [1.807, 2.05) is 32.0 Å². The summed E-state index contributed by atoms with van der Waals surface area (Å²) in [5.74, 6) is -1.77. The number of carbonyl (C=O) groups excluding carboxylic acids is 3. The molecule has 0 fully saturated rings. The second kappa shape index (κ2) is 9.79. The number of rotatable bonds is 8. The van der Waals surface area contributed by atoms with Crippen molar-refractivity contribution in [2.75, 3.05) is 25.6 Å². The van der Waals surface area contributed by atoms with E-state index >= 15 is 0 Å². The Kier molecular flexibility index (Phi) is 7.44. The molecule has 29 heavy (non-hydrogen) atoms. The zero-order valence-corrected chi connectivity index (χ0v) is 17.0. The van der Waals surface area contributed by atoms with E-state index in [0.29, 0.717) is 5.69 Å². The van der Waals surface area contributed by atoms with Gasteiger partial charge in [0.2, 0.25) is 0 Å². The van der Waals surface area contributed by atoms with Crippen molar-refractivity contribution in [2.45, 2.75) is 13.8 Å². The third-order valence-corrected chi connectivity index (χ3v) is 3.94. The van der Waals surface area contributed by atoms with Gasteiger partial charge in [-0.3, -0.25) is 9.59 Å². The summed E-state index contributed by atoms with van der Waals surface area (Å²) in [5.41, 5.74) is 7.70. The summed E-state index contributed by atoms with van der Waals surface area (Å²) in [6, 6.07) is 8.20. The third-order valence-electron chi connectivity index (χ3n) is 3.66. The fourth-order valence-electron chi connectivity index (χ4n) is 2.58. The molecule has 154 valence electrons. The van der Waals surface area contributed by atoms with E-state index in [-0.39, 0.29) is 22.1 Å². The molecule has 0 radical (unpaired) electrons. The van der Waals surface area contributed by atoms with Crippen LogP contribution in [0.15, 0.2) is 30.3 Å². The van der Waals surface area contributed by atoms with Gasteiger partial charge in [-0.1, -0.05) is 17.7 Å². The number of anilines is 1. The lowest BCUT2D eigenvalue weighted by Crippen LogP contribution is -2.21. The average Bonchev–Trinajstić information content (AvgIpc) is 2.63. The van der Waals surface area contributed by atoms with Gasteiger partial charge >= 0.3 is 5.97 Å². The van der Waals surface area contributed by atoms with E-state index in [2.05, 4.69) is 5.32 Å². The molecule has 2 amide bonds. The molecule has 0 heterocycles. The van der Waals surface area contributed by atoms with Crippen LogP contribution in [0.3, 0.4) is 0 Å². The van der Waals surface area contributed by atoms with Crippen LogP contribution in [0, 0.1) is 13.8 Å². The van der Waals surface area contributed by atoms with Gasteiger partial charge in [-0.2, -0.15) is 0 Å². The molecule has 0 aliphatic rings. The molecule has 0 unspecified atom stereocenters. The van der Waals surface area contributed by atoms with Gasteiger partial charge in [0.05, 0.1) is 17.7 Å². The lowest BCUT2D eigenvalue weighted by Gasteiger charge is -2.13. The molecule has 9 heteroatoms. The first-order chi connectivity index (χ1) is 13.7. The minimum atomic E-state index is -0.776. The Balaban J connectivity index is 2.03. The summed E-state index contributed by atoms with van der Waals surface area (Å²) in [4.78, 5) is 35.2. The van der Waals surface area contributed by atoms with Gasteiger partial charge in [-0.25, -0.2) is 4.79 Å². The molecule has 3 N–H and O–H groups in total. The van der Waals surface area contributed by atoms with Crippen molar-refractivity contribution in [1.29, 1.82) is 0 Å². The summed E-state index contributed by atoms with van der Waals surface area (Å²) < 4.78 is 15.4. The SMILES string of the molecule is COc1cc(C(=O)OCC(=O)Nc2cc(C)cc(C)c2)cc(Cl)c1OCC(N)=O. The van der Waals surface area contributed by atoms with Gasteiger partial charge in [0.1, 0.15) is 0 Å². The molecule has 2 aromatic rings. The summed E-state index contributed by atoms with van der Waals surface area (Å²) in [5, 5.41) is 2.70. The first-order valence-corrected chi connectivity index (χ1v) is 8.91. The molecular formula is C20H21ClN2O6. The van der Waals surface area contributed by atoms with E-state index in [4.69, 9.17) is 31.5 Å². The molecule has 0 saturated heterocycles. The van der Waals surface area contributed by atoms with Crippen molar-refractivity contribution in [3.8, 4) is 11.5 Å². The topological polar surface area (TPSA) is 117 Å². The van der Waals surface area contributed by atoms with Gasteiger partial charge in [0, 0.05) is 5.69 Å². The first-order valence-electron chi connectivity index (χ1n) is 8.53. The van der Waals surface area contributed by atoms with Crippen LogP contribution in [-0.4, -0.2) is 38.1 Å². The van der Waals surface area contributed by atoms with Crippen molar-refractivity contribution in [2.24, 2.45) is 5.73 Å². The maximum Gasteiger partial charge on any atom is 0.338 e. The number of aryl methyl sites for hydroxylation is 2. The fourth-order valence-corrected chi connectivity index (χ4v) is 2.84. The number of hydrogen-bond acceptors (Lipinski definition) is 6. The molecular weight excluding hydrogens is 400 g/mol. The molecule has 0 aromatic heterocycles. The summed E-state index contributed by atoms with van der Waals surface area (Å²) in [6.07, 6.45) is 0. The molecule has 2 rings (SSSR count). The molecule has 8 nitrogen and oxygen atoms in total. The highest BCUT2D eigenvalue weighted by atomic mass is 35.5. The molecule has 0 aliphatic carbocycles. The number of carbonyl (C=O) groups is 3. The maximum absolute atomic E-state index is 12.3. The monoisotopic (exact) mass is 420 g/mol. The Morgan fingerprint density at radius 2 is 1.69 bits per heavy atom. The van der Waals surface area contributed by atoms with Crippen molar-refractivity contribution < 1.29 is 28.6 Å². The maximum atomic E-state index is 12.3. The number of nitrogens with two attached hydrogens (primary N) is 1. The van der Waals surface area contributed by atoms with E-state index in [0.717, 1.165) is 11.1 Å². The van der Waals surface area contributed by atoms with Crippen LogP contribution < -0.4 is 20.5 Å². The van der Waals surface area contributed by atoms with Crippen molar-refractivity contribution in [3.05, 3.63) is 52.0 Å². The molecule has 0 atom stereocenters. The number of nitrogens with one attached hydrogen (secondary N) is 1. The van der Waals surface area contributed by atoms with Gasteiger partial charge in [0.25, 0.3) is 11.8 Å². The molecule has 0 bridgehead atoms. The highest BCUT2D eigenvalue weighted by molar-refractivity contribution is 6.32. The normalized spacial score (nSPS) is 10.2. The number of ether oxygens (including phenoxy) is 3. The number of amides is 2. The van der Waals surface area contributed by atoms with E-state index in [1.54, 1.807) is 0 Å². The smallest absolute Gasteiger partial charge is 0.338 e.